The van der Waals surface area contributed by atoms with Crippen LogP contribution in [0.25, 0.3) is 0 Å². The van der Waals surface area contributed by atoms with Crippen molar-refractivity contribution in [2.75, 3.05) is 13.2 Å². The van der Waals surface area contributed by atoms with E-state index in [1.807, 2.05) is 12.2 Å². The zero-order chi connectivity index (χ0) is 22.0. The molecule has 7 nitrogen and oxygen atoms in total. The normalized spacial score (nSPS) is 22.1. The Labute approximate surface area is 174 Å². The molecule has 1 aliphatic rings. The highest BCUT2D eigenvalue weighted by Crippen LogP contribution is 2.34. The minimum Gasteiger partial charge on any atom is -0.463 e. The number of hydrogen-bond acceptors (Lipinski definition) is 7. The van der Waals surface area contributed by atoms with E-state index in [0.717, 1.165) is 23.3 Å². The Morgan fingerprint density at radius 1 is 0.931 bits per heavy atom. The first kappa shape index (κ1) is 25.1. The second-order valence-electron chi connectivity index (χ2n) is 7.16. The molecular formula is C21H34O7Si. The highest BCUT2D eigenvalue weighted by atomic mass is 28.3. The van der Waals surface area contributed by atoms with Gasteiger partial charge < -0.3 is 18.9 Å². The van der Waals surface area contributed by atoms with Crippen molar-refractivity contribution < 1.29 is 33.3 Å². The monoisotopic (exact) mass is 426 g/mol. The number of ether oxygens (including phenoxy) is 4. The van der Waals surface area contributed by atoms with E-state index in [4.69, 9.17) is 18.9 Å². The summed E-state index contributed by atoms with van der Waals surface area (Å²) in [7, 11) is -1.86. The van der Waals surface area contributed by atoms with Gasteiger partial charge in [0.1, 0.15) is 25.4 Å². The zero-order valence-corrected chi connectivity index (χ0v) is 19.4. The van der Waals surface area contributed by atoms with Crippen molar-refractivity contribution >= 4 is 26.0 Å². The molecule has 0 aromatic heterocycles. The summed E-state index contributed by atoms with van der Waals surface area (Å²) in [6.45, 7) is 10.8. The van der Waals surface area contributed by atoms with Gasteiger partial charge in [-0.25, -0.2) is 0 Å². The lowest BCUT2D eigenvalue weighted by Gasteiger charge is -2.39. The van der Waals surface area contributed by atoms with E-state index in [1.165, 1.54) is 20.8 Å². The summed E-state index contributed by atoms with van der Waals surface area (Å²) in [6, 6.07) is 3.09. The zero-order valence-electron chi connectivity index (χ0n) is 18.4. The fraction of sp³-hybridized carbons (Fsp3) is 0.667. The maximum Gasteiger partial charge on any atom is 0.303 e. The topological polar surface area (TPSA) is 88.1 Å². The van der Waals surface area contributed by atoms with E-state index in [-0.39, 0.29) is 25.3 Å². The molecule has 1 rings (SSSR count). The molecule has 0 saturated carbocycles. The van der Waals surface area contributed by atoms with Crippen LogP contribution in [-0.4, -0.2) is 57.5 Å². The average molecular weight is 427 g/mol. The number of esters is 3. The molecule has 0 amide bonds. The molecule has 0 aliphatic carbocycles. The van der Waals surface area contributed by atoms with Gasteiger partial charge in [0, 0.05) is 20.8 Å². The van der Waals surface area contributed by atoms with Gasteiger partial charge in [-0.2, -0.15) is 0 Å². The van der Waals surface area contributed by atoms with Gasteiger partial charge >= 0.3 is 17.9 Å². The van der Waals surface area contributed by atoms with E-state index in [2.05, 4.69) is 20.8 Å². The van der Waals surface area contributed by atoms with Gasteiger partial charge in [-0.3, -0.25) is 14.4 Å². The summed E-state index contributed by atoms with van der Waals surface area (Å²) in [5.74, 6) is -1.19. The Hall–Kier alpha value is -1.93. The van der Waals surface area contributed by atoms with Gasteiger partial charge in [-0.1, -0.05) is 45.0 Å². The summed E-state index contributed by atoms with van der Waals surface area (Å²) in [5.41, 5.74) is 0. The Balaban J connectivity index is 3.23. The van der Waals surface area contributed by atoms with Gasteiger partial charge in [0.05, 0.1) is 14.2 Å². The van der Waals surface area contributed by atoms with Crippen molar-refractivity contribution in [3.63, 3.8) is 0 Å². The van der Waals surface area contributed by atoms with Crippen LogP contribution in [0.2, 0.25) is 18.1 Å². The van der Waals surface area contributed by atoms with E-state index < -0.39 is 32.2 Å². The number of carbonyl (C=O) groups is 3. The third-order valence-corrected chi connectivity index (χ3v) is 11.2. The van der Waals surface area contributed by atoms with Crippen molar-refractivity contribution in [1.82, 2.24) is 0 Å². The van der Waals surface area contributed by atoms with E-state index >= 15 is 0 Å². The molecule has 0 unspecified atom stereocenters. The van der Waals surface area contributed by atoms with E-state index in [9.17, 15) is 14.4 Å². The minimum atomic E-state index is -1.86. The molecule has 0 aromatic rings. The Morgan fingerprint density at radius 2 is 1.52 bits per heavy atom. The lowest BCUT2D eigenvalue weighted by atomic mass is 10.1. The van der Waals surface area contributed by atoms with Crippen LogP contribution >= 0.6 is 0 Å². The molecule has 0 aromatic carbocycles. The largest absolute Gasteiger partial charge is 0.463 e. The van der Waals surface area contributed by atoms with Crippen LogP contribution in [0.15, 0.2) is 23.4 Å². The Morgan fingerprint density at radius 3 is 2.00 bits per heavy atom. The fourth-order valence-corrected chi connectivity index (χ4v) is 7.72. The molecule has 1 aliphatic heterocycles. The van der Waals surface area contributed by atoms with Crippen molar-refractivity contribution in [1.29, 1.82) is 0 Å². The Bertz CT molecular complexity index is 629. The first-order valence-corrected chi connectivity index (χ1v) is 12.8. The summed E-state index contributed by atoms with van der Waals surface area (Å²) < 4.78 is 21.9. The van der Waals surface area contributed by atoms with Crippen LogP contribution in [0.3, 0.4) is 0 Å². The van der Waals surface area contributed by atoms with Crippen LogP contribution < -0.4 is 0 Å². The van der Waals surface area contributed by atoms with Gasteiger partial charge in [-0.15, -0.1) is 0 Å². The molecule has 8 heteroatoms. The predicted molar refractivity (Wildman–Crippen MR) is 112 cm³/mol. The lowest BCUT2D eigenvalue weighted by molar-refractivity contribution is -0.161. The SMILES string of the molecule is CC[Si](CC)(CC)/C(=C/COC(C)=O)[C@@H]1C=C[C@H](OC(C)=O)[C@@H](COC(C)=O)O1. The number of carbonyl (C=O) groups excluding carboxylic acids is 3. The molecule has 0 N–H and O–H groups in total. The van der Waals surface area contributed by atoms with Crippen molar-refractivity contribution in [3.8, 4) is 0 Å². The maximum atomic E-state index is 11.4. The van der Waals surface area contributed by atoms with Crippen molar-refractivity contribution in [2.24, 2.45) is 0 Å². The summed E-state index contributed by atoms with van der Waals surface area (Å²) in [6.07, 6.45) is 4.08. The molecule has 164 valence electrons. The smallest absolute Gasteiger partial charge is 0.303 e. The highest BCUT2D eigenvalue weighted by molar-refractivity contribution is 6.86. The highest BCUT2D eigenvalue weighted by Gasteiger charge is 2.39. The van der Waals surface area contributed by atoms with Crippen LogP contribution in [0.4, 0.5) is 0 Å². The van der Waals surface area contributed by atoms with Crippen LogP contribution in [0.1, 0.15) is 41.5 Å². The Kier molecular flexibility index (Phi) is 10.3. The first-order valence-electron chi connectivity index (χ1n) is 10.2. The van der Waals surface area contributed by atoms with Crippen LogP contribution in [0.5, 0.6) is 0 Å². The van der Waals surface area contributed by atoms with Gasteiger partial charge in [0.15, 0.2) is 0 Å². The number of hydrogen-bond donors (Lipinski definition) is 0. The predicted octanol–water partition coefficient (Wildman–Crippen LogP) is 3.34. The molecular weight excluding hydrogens is 392 g/mol. The van der Waals surface area contributed by atoms with Crippen molar-refractivity contribution in [2.45, 2.75) is 78.0 Å². The number of rotatable bonds is 10. The molecule has 3 atom stereocenters. The molecule has 0 spiro atoms. The summed E-state index contributed by atoms with van der Waals surface area (Å²) in [5, 5.41) is 1.15. The third kappa shape index (κ3) is 7.43. The van der Waals surface area contributed by atoms with Crippen LogP contribution in [0, 0.1) is 0 Å². The van der Waals surface area contributed by atoms with E-state index in [0.29, 0.717) is 0 Å². The molecule has 29 heavy (non-hydrogen) atoms. The van der Waals surface area contributed by atoms with Gasteiger partial charge in [0.25, 0.3) is 0 Å². The standard InChI is InChI=1S/C21H34O7Si/c1-7-29(8-2,9-3)21(12-13-25-15(4)22)19-11-10-18(27-17(6)24)20(28-19)14-26-16(5)23/h10-12,18-20H,7-9,13-14H2,1-6H3/b21-12+/t18-,19-,20+/m0/s1. The fourth-order valence-electron chi connectivity index (χ4n) is 3.71. The lowest BCUT2D eigenvalue weighted by Crippen LogP contribution is -2.47. The van der Waals surface area contributed by atoms with Gasteiger partial charge in [0.2, 0.25) is 0 Å². The molecule has 0 radical (unpaired) electrons. The van der Waals surface area contributed by atoms with Crippen LogP contribution in [-0.2, 0) is 33.3 Å². The second-order valence-corrected chi connectivity index (χ2v) is 12.4. The third-order valence-electron chi connectivity index (χ3n) is 5.46. The molecule has 1 heterocycles. The molecule has 0 saturated heterocycles. The average Bonchev–Trinajstić information content (AvgIpc) is 2.67. The quantitative estimate of drug-likeness (QED) is 0.229. The molecule has 0 bridgehead atoms. The van der Waals surface area contributed by atoms with Gasteiger partial charge in [-0.05, 0) is 17.3 Å². The first-order chi connectivity index (χ1) is 13.7. The maximum absolute atomic E-state index is 11.4. The van der Waals surface area contributed by atoms with E-state index in [1.54, 1.807) is 6.08 Å². The minimum absolute atomic E-state index is 0.00965. The van der Waals surface area contributed by atoms with Crippen molar-refractivity contribution in [3.05, 3.63) is 23.4 Å². The summed E-state index contributed by atoms with van der Waals surface area (Å²) in [4.78, 5) is 33.9. The summed E-state index contributed by atoms with van der Waals surface area (Å²) >= 11 is 0. The molecule has 0 fully saturated rings. The second kappa shape index (κ2) is 11.9.